The Labute approximate surface area is 183 Å². The predicted octanol–water partition coefficient (Wildman–Crippen LogP) is 7.29. The normalized spacial score (nSPS) is 10.7. The molecule has 0 saturated carbocycles. The van der Waals surface area contributed by atoms with Crippen molar-refractivity contribution in [2.75, 3.05) is 19.8 Å². The van der Waals surface area contributed by atoms with E-state index in [0.717, 1.165) is 24.5 Å². The van der Waals surface area contributed by atoms with E-state index in [-0.39, 0.29) is 15.8 Å². The van der Waals surface area contributed by atoms with Gasteiger partial charge in [-0.1, -0.05) is 62.2 Å². The summed E-state index contributed by atoms with van der Waals surface area (Å²) in [5.41, 5.74) is 0. The fraction of sp³-hybridized carbons (Fsp3) is 0.478. The van der Waals surface area contributed by atoms with Gasteiger partial charge in [-0.3, -0.25) is 0 Å². The summed E-state index contributed by atoms with van der Waals surface area (Å²) in [6.07, 6.45) is 8.21. The maximum Gasteiger partial charge on any atom is 0.156 e. The van der Waals surface area contributed by atoms with Crippen LogP contribution in [-0.4, -0.2) is 24.9 Å². The summed E-state index contributed by atoms with van der Waals surface area (Å²) in [6, 6.07) is 10.5. The van der Waals surface area contributed by atoms with Crippen molar-refractivity contribution in [2.45, 2.75) is 51.9 Å². The minimum absolute atomic E-state index is 0.00934. The SMILES string of the molecule is CCCCCCCCOc1ccc(OCCCOc2c(Cl)cc(O)cc2Cl)cc1. The quantitative estimate of drug-likeness (QED) is 0.313. The Morgan fingerprint density at radius 2 is 1.17 bits per heavy atom. The standard InChI is InChI=1S/C23H30Cl2O4/c1-2-3-4-5-6-7-13-27-19-9-11-20(12-10-19)28-14-8-15-29-23-21(24)16-18(26)17-22(23)25/h9-12,16-17,26H,2-8,13-15H2,1H3. The maximum absolute atomic E-state index is 9.42. The first kappa shape index (κ1) is 23.5. The van der Waals surface area contributed by atoms with E-state index in [0.29, 0.717) is 25.4 Å². The van der Waals surface area contributed by atoms with Gasteiger partial charge in [-0.25, -0.2) is 0 Å². The van der Waals surface area contributed by atoms with Crippen LogP contribution in [0.3, 0.4) is 0 Å². The molecule has 0 unspecified atom stereocenters. The molecule has 0 heterocycles. The summed E-state index contributed by atoms with van der Waals surface area (Å²) in [5.74, 6) is 2.04. The highest BCUT2D eigenvalue weighted by Gasteiger charge is 2.09. The number of benzene rings is 2. The Bertz CT molecular complexity index is 696. The second-order valence-electron chi connectivity index (χ2n) is 6.88. The highest BCUT2D eigenvalue weighted by atomic mass is 35.5. The number of phenols is 1. The van der Waals surface area contributed by atoms with Gasteiger partial charge in [0, 0.05) is 18.6 Å². The van der Waals surface area contributed by atoms with Crippen molar-refractivity contribution < 1.29 is 19.3 Å². The van der Waals surface area contributed by atoms with E-state index >= 15 is 0 Å². The van der Waals surface area contributed by atoms with Gasteiger partial charge in [-0.15, -0.1) is 0 Å². The van der Waals surface area contributed by atoms with Gasteiger partial charge in [0.1, 0.15) is 17.2 Å². The Kier molecular flexibility index (Phi) is 10.9. The molecule has 29 heavy (non-hydrogen) atoms. The number of phenolic OH excluding ortho intramolecular Hbond substituents is 1. The molecule has 0 saturated heterocycles. The summed E-state index contributed by atoms with van der Waals surface area (Å²) >= 11 is 12.0. The molecule has 6 heteroatoms. The van der Waals surface area contributed by atoms with Crippen LogP contribution in [0.15, 0.2) is 36.4 Å². The molecule has 0 aliphatic heterocycles. The first-order chi connectivity index (χ1) is 14.1. The zero-order valence-corrected chi connectivity index (χ0v) is 18.5. The Morgan fingerprint density at radius 3 is 1.76 bits per heavy atom. The number of rotatable bonds is 14. The van der Waals surface area contributed by atoms with E-state index in [1.807, 2.05) is 24.3 Å². The first-order valence-corrected chi connectivity index (χ1v) is 11.0. The van der Waals surface area contributed by atoms with Gasteiger partial charge < -0.3 is 19.3 Å². The monoisotopic (exact) mass is 440 g/mol. The van der Waals surface area contributed by atoms with Crippen LogP contribution >= 0.6 is 23.2 Å². The second kappa shape index (κ2) is 13.4. The summed E-state index contributed by atoms with van der Waals surface area (Å²) in [7, 11) is 0. The van der Waals surface area contributed by atoms with Crippen molar-refractivity contribution in [3.63, 3.8) is 0 Å². The van der Waals surface area contributed by atoms with E-state index in [2.05, 4.69) is 6.92 Å². The van der Waals surface area contributed by atoms with Crippen LogP contribution in [0.2, 0.25) is 10.0 Å². The van der Waals surface area contributed by atoms with Crippen molar-refractivity contribution in [2.24, 2.45) is 0 Å². The van der Waals surface area contributed by atoms with Crippen molar-refractivity contribution in [1.82, 2.24) is 0 Å². The molecule has 160 valence electrons. The van der Waals surface area contributed by atoms with E-state index < -0.39 is 0 Å². The third kappa shape index (κ3) is 9.05. The molecule has 0 aromatic heterocycles. The molecule has 2 rings (SSSR count). The number of aromatic hydroxyl groups is 1. The molecule has 1 N–H and O–H groups in total. The fourth-order valence-corrected chi connectivity index (χ4v) is 3.40. The lowest BCUT2D eigenvalue weighted by molar-refractivity contribution is 0.247. The van der Waals surface area contributed by atoms with Crippen molar-refractivity contribution in [1.29, 1.82) is 0 Å². The molecule has 0 amide bonds. The van der Waals surface area contributed by atoms with Crippen molar-refractivity contribution in [3.8, 4) is 23.0 Å². The van der Waals surface area contributed by atoms with Gasteiger partial charge >= 0.3 is 0 Å². The summed E-state index contributed by atoms with van der Waals surface area (Å²) in [4.78, 5) is 0. The van der Waals surface area contributed by atoms with E-state index in [1.54, 1.807) is 0 Å². The van der Waals surface area contributed by atoms with Crippen molar-refractivity contribution in [3.05, 3.63) is 46.4 Å². The fourth-order valence-electron chi connectivity index (χ4n) is 2.81. The molecule has 2 aromatic carbocycles. The smallest absolute Gasteiger partial charge is 0.156 e. The lowest BCUT2D eigenvalue weighted by Gasteiger charge is -2.11. The minimum Gasteiger partial charge on any atom is -0.508 e. The van der Waals surface area contributed by atoms with Crippen LogP contribution in [0, 0.1) is 0 Å². The first-order valence-electron chi connectivity index (χ1n) is 10.3. The average Bonchev–Trinajstić information content (AvgIpc) is 2.69. The van der Waals surface area contributed by atoms with Crippen LogP contribution in [-0.2, 0) is 0 Å². The molecule has 0 aliphatic carbocycles. The second-order valence-corrected chi connectivity index (χ2v) is 7.69. The average molecular weight is 441 g/mol. The van der Waals surface area contributed by atoms with Crippen LogP contribution in [0.4, 0.5) is 0 Å². The van der Waals surface area contributed by atoms with Crippen LogP contribution in [0.5, 0.6) is 23.0 Å². The Balaban J connectivity index is 1.59. The number of hydrogen-bond acceptors (Lipinski definition) is 4. The highest BCUT2D eigenvalue weighted by Crippen LogP contribution is 2.36. The summed E-state index contributed by atoms with van der Waals surface area (Å²) < 4.78 is 17.1. The highest BCUT2D eigenvalue weighted by molar-refractivity contribution is 6.37. The van der Waals surface area contributed by atoms with Gasteiger partial charge in [-0.05, 0) is 30.7 Å². The lowest BCUT2D eigenvalue weighted by atomic mass is 10.1. The zero-order valence-electron chi connectivity index (χ0n) is 17.0. The Morgan fingerprint density at radius 1 is 0.690 bits per heavy atom. The molecular weight excluding hydrogens is 411 g/mol. The van der Waals surface area contributed by atoms with Crippen LogP contribution in [0.1, 0.15) is 51.9 Å². The number of halogens is 2. The molecule has 0 aliphatic rings. The number of hydrogen-bond donors (Lipinski definition) is 1. The van der Waals surface area contributed by atoms with E-state index in [1.165, 1.54) is 44.2 Å². The van der Waals surface area contributed by atoms with Crippen molar-refractivity contribution >= 4 is 23.2 Å². The van der Waals surface area contributed by atoms with Gasteiger partial charge in [0.05, 0.1) is 29.9 Å². The third-order valence-electron chi connectivity index (χ3n) is 4.38. The Hall–Kier alpha value is -1.78. The maximum atomic E-state index is 9.42. The predicted molar refractivity (Wildman–Crippen MR) is 119 cm³/mol. The van der Waals surface area contributed by atoms with Crippen LogP contribution in [0.25, 0.3) is 0 Å². The topological polar surface area (TPSA) is 47.9 Å². The molecule has 0 bridgehead atoms. The summed E-state index contributed by atoms with van der Waals surface area (Å²) in [6.45, 7) is 3.90. The van der Waals surface area contributed by atoms with Gasteiger partial charge in [0.15, 0.2) is 5.75 Å². The molecule has 0 radical (unpaired) electrons. The molecule has 0 atom stereocenters. The van der Waals surface area contributed by atoms with Crippen LogP contribution < -0.4 is 14.2 Å². The molecule has 0 fully saturated rings. The molecule has 2 aromatic rings. The third-order valence-corrected chi connectivity index (χ3v) is 4.94. The lowest BCUT2D eigenvalue weighted by Crippen LogP contribution is -2.05. The molecule has 4 nitrogen and oxygen atoms in total. The van der Waals surface area contributed by atoms with Gasteiger partial charge in [-0.2, -0.15) is 0 Å². The number of ether oxygens (including phenoxy) is 3. The summed E-state index contributed by atoms with van der Waals surface area (Å²) in [5, 5.41) is 9.99. The zero-order chi connectivity index (χ0) is 20.9. The van der Waals surface area contributed by atoms with E-state index in [9.17, 15) is 5.11 Å². The largest absolute Gasteiger partial charge is 0.508 e. The van der Waals surface area contributed by atoms with E-state index in [4.69, 9.17) is 37.4 Å². The molecular formula is C23H30Cl2O4. The number of unbranched alkanes of at least 4 members (excludes halogenated alkanes) is 5. The minimum atomic E-state index is 0.00934. The molecule has 0 spiro atoms. The van der Waals surface area contributed by atoms with Gasteiger partial charge in [0.25, 0.3) is 0 Å². The van der Waals surface area contributed by atoms with Gasteiger partial charge in [0.2, 0.25) is 0 Å².